The first kappa shape index (κ1) is 18.1. The van der Waals surface area contributed by atoms with E-state index in [0.717, 1.165) is 28.9 Å². The van der Waals surface area contributed by atoms with Crippen LogP contribution in [0.25, 0.3) is 0 Å². The number of nitrogens with one attached hydrogen (secondary N) is 1. The number of aryl methyl sites for hydroxylation is 1. The summed E-state index contributed by atoms with van der Waals surface area (Å²) in [5.41, 5.74) is 5.16. The Kier molecular flexibility index (Phi) is 4.52. The lowest BCUT2D eigenvalue weighted by atomic mass is 9.85. The van der Waals surface area contributed by atoms with Gasteiger partial charge in [0.25, 0.3) is 5.91 Å². The van der Waals surface area contributed by atoms with Gasteiger partial charge in [0.15, 0.2) is 5.78 Å². The van der Waals surface area contributed by atoms with E-state index in [-0.39, 0.29) is 11.7 Å². The highest BCUT2D eigenvalue weighted by Gasteiger charge is 2.35. The minimum Gasteiger partial charge on any atom is -0.351 e. The monoisotopic (exact) mass is 392 g/mol. The number of para-hydroxylation sites is 2. The van der Waals surface area contributed by atoms with Crippen molar-refractivity contribution >= 4 is 23.1 Å². The summed E-state index contributed by atoms with van der Waals surface area (Å²) in [5.74, 6) is -0.169. The molecule has 1 N–H and O–H groups in total. The number of anilines is 2. The van der Waals surface area contributed by atoms with Gasteiger partial charge >= 0.3 is 0 Å². The van der Waals surface area contributed by atoms with Crippen LogP contribution in [0.2, 0.25) is 0 Å². The molecule has 3 aromatic rings. The number of carbonyl (C=O) groups is 2. The van der Waals surface area contributed by atoms with Crippen molar-refractivity contribution in [2.24, 2.45) is 0 Å². The Morgan fingerprint density at radius 2 is 1.40 bits per heavy atom. The second-order valence-corrected chi connectivity index (χ2v) is 7.38. The minimum atomic E-state index is -0.167. The Balaban J connectivity index is 1.62. The number of Topliss-reactive ketones (excluding diaryl/α,β-unsaturated/α-hetero) is 1. The molecule has 1 aliphatic carbocycles. The Morgan fingerprint density at radius 1 is 0.733 bits per heavy atom. The SMILES string of the molecule is O=C1/C(=C2\C=C(Nc3ccccc3)C(=O)N2c2ccccc2)CCc2ccccc21. The summed E-state index contributed by atoms with van der Waals surface area (Å²) in [5, 5.41) is 3.22. The van der Waals surface area contributed by atoms with E-state index in [2.05, 4.69) is 5.32 Å². The van der Waals surface area contributed by atoms with Crippen molar-refractivity contribution < 1.29 is 9.59 Å². The van der Waals surface area contributed by atoms with Gasteiger partial charge in [-0.15, -0.1) is 0 Å². The van der Waals surface area contributed by atoms with E-state index in [1.54, 1.807) is 4.90 Å². The van der Waals surface area contributed by atoms with Crippen LogP contribution in [0.3, 0.4) is 0 Å². The summed E-state index contributed by atoms with van der Waals surface area (Å²) in [6, 6.07) is 26.8. The fourth-order valence-electron chi connectivity index (χ4n) is 4.05. The van der Waals surface area contributed by atoms with Crippen LogP contribution in [0.15, 0.2) is 108 Å². The summed E-state index contributed by atoms with van der Waals surface area (Å²) < 4.78 is 0. The van der Waals surface area contributed by atoms with E-state index >= 15 is 0 Å². The first-order valence-electron chi connectivity index (χ1n) is 10.0. The molecule has 0 aromatic heterocycles. The van der Waals surface area contributed by atoms with Gasteiger partial charge in [0.05, 0.1) is 5.70 Å². The number of rotatable bonds is 3. The molecule has 1 aliphatic heterocycles. The molecular formula is C26H20N2O2. The highest BCUT2D eigenvalue weighted by Crippen LogP contribution is 2.35. The molecule has 146 valence electrons. The van der Waals surface area contributed by atoms with E-state index in [1.807, 2.05) is 91.0 Å². The van der Waals surface area contributed by atoms with E-state index in [0.29, 0.717) is 23.4 Å². The van der Waals surface area contributed by atoms with E-state index in [1.165, 1.54) is 0 Å². The molecule has 0 saturated carbocycles. The number of hydrogen-bond acceptors (Lipinski definition) is 3. The van der Waals surface area contributed by atoms with Gasteiger partial charge in [-0.25, -0.2) is 0 Å². The molecule has 0 radical (unpaired) electrons. The van der Waals surface area contributed by atoms with Crippen LogP contribution in [-0.4, -0.2) is 11.7 Å². The molecule has 0 fully saturated rings. The van der Waals surface area contributed by atoms with Gasteiger partial charge < -0.3 is 5.32 Å². The van der Waals surface area contributed by atoms with Gasteiger partial charge in [-0.2, -0.15) is 0 Å². The van der Waals surface area contributed by atoms with Crippen LogP contribution < -0.4 is 10.2 Å². The lowest BCUT2D eigenvalue weighted by Gasteiger charge is -2.24. The third-order valence-electron chi connectivity index (χ3n) is 5.51. The highest BCUT2D eigenvalue weighted by molar-refractivity contribution is 6.18. The van der Waals surface area contributed by atoms with Crippen molar-refractivity contribution in [2.45, 2.75) is 12.8 Å². The van der Waals surface area contributed by atoms with E-state index in [9.17, 15) is 9.59 Å². The zero-order valence-electron chi connectivity index (χ0n) is 16.3. The van der Waals surface area contributed by atoms with Crippen LogP contribution >= 0.6 is 0 Å². The van der Waals surface area contributed by atoms with Gasteiger partial charge in [-0.3, -0.25) is 14.5 Å². The fraction of sp³-hybridized carbons (Fsp3) is 0.0769. The lowest BCUT2D eigenvalue weighted by Crippen LogP contribution is -2.29. The second-order valence-electron chi connectivity index (χ2n) is 7.38. The maximum atomic E-state index is 13.4. The van der Waals surface area contributed by atoms with Crippen LogP contribution in [0.5, 0.6) is 0 Å². The first-order valence-corrected chi connectivity index (χ1v) is 10.0. The van der Waals surface area contributed by atoms with Crippen molar-refractivity contribution in [3.05, 3.63) is 119 Å². The number of allylic oxidation sites excluding steroid dienone is 2. The summed E-state index contributed by atoms with van der Waals surface area (Å²) in [6.07, 6.45) is 3.20. The standard InChI is InChI=1S/C26H20N2O2/c29-25-21-14-8-7-9-18(21)15-16-22(25)24-17-23(27-19-10-3-1-4-11-19)26(30)28(24)20-12-5-2-6-13-20/h1-14,17,27H,15-16H2/b24-22+. The predicted molar refractivity (Wildman–Crippen MR) is 118 cm³/mol. The highest BCUT2D eigenvalue weighted by atomic mass is 16.2. The zero-order valence-corrected chi connectivity index (χ0v) is 16.3. The molecular weight excluding hydrogens is 372 g/mol. The van der Waals surface area contributed by atoms with Crippen LogP contribution in [-0.2, 0) is 11.2 Å². The third-order valence-corrected chi connectivity index (χ3v) is 5.51. The summed E-state index contributed by atoms with van der Waals surface area (Å²) in [4.78, 5) is 28.3. The number of fused-ring (bicyclic) bond motifs is 1. The van der Waals surface area contributed by atoms with Crippen molar-refractivity contribution in [1.82, 2.24) is 0 Å². The van der Waals surface area contributed by atoms with Crippen LogP contribution in [0, 0.1) is 0 Å². The molecule has 0 unspecified atom stereocenters. The fourth-order valence-corrected chi connectivity index (χ4v) is 4.05. The average Bonchev–Trinajstić information content (AvgIpc) is 3.11. The van der Waals surface area contributed by atoms with Gasteiger partial charge in [0.2, 0.25) is 0 Å². The molecule has 1 heterocycles. The molecule has 0 bridgehead atoms. The number of carbonyl (C=O) groups excluding carboxylic acids is 2. The molecule has 4 heteroatoms. The Labute approximate surface area is 175 Å². The van der Waals surface area contributed by atoms with Gasteiger partial charge in [-0.1, -0.05) is 60.7 Å². The largest absolute Gasteiger partial charge is 0.351 e. The Bertz CT molecular complexity index is 1190. The average molecular weight is 392 g/mol. The smallest absolute Gasteiger partial charge is 0.279 e. The third kappa shape index (κ3) is 3.12. The van der Waals surface area contributed by atoms with Gasteiger partial charge in [0.1, 0.15) is 5.70 Å². The molecule has 3 aromatic carbocycles. The van der Waals surface area contributed by atoms with Crippen LogP contribution in [0.1, 0.15) is 22.3 Å². The number of ketones is 1. The lowest BCUT2D eigenvalue weighted by molar-refractivity contribution is -0.114. The number of hydrogen-bond donors (Lipinski definition) is 1. The Hall–Kier alpha value is -3.92. The molecule has 0 saturated heterocycles. The van der Waals surface area contributed by atoms with Crippen molar-refractivity contribution in [3.8, 4) is 0 Å². The molecule has 30 heavy (non-hydrogen) atoms. The maximum absolute atomic E-state index is 13.4. The van der Waals surface area contributed by atoms with Gasteiger partial charge in [0, 0.05) is 22.5 Å². The van der Waals surface area contributed by atoms with Crippen LogP contribution in [0.4, 0.5) is 11.4 Å². The zero-order chi connectivity index (χ0) is 20.5. The number of nitrogens with zero attached hydrogens (tertiary/aromatic N) is 1. The normalized spacial score (nSPS) is 18.3. The number of benzene rings is 3. The second kappa shape index (κ2) is 7.48. The van der Waals surface area contributed by atoms with E-state index in [4.69, 9.17) is 0 Å². The summed E-state index contributed by atoms with van der Waals surface area (Å²) >= 11 is 0. The van der Waals surface area contributed by atoms with Crippen molar-refractivity contribution in [3.63, 3.8) is 0 Å². The first-order chi connectivity index (χ1) is 14.7. The minimum absolute atomic E-state index is 0.00204. The van der Waals surface area contributed by atoms with Gasteiger partial charge in [-0.05, 0) is 48.7 Å². The summed E-state index contributed by atoms with van der Waals surface area (Å²) in [7, 11) is 0. The molecule has 1 amide bonds. The predicted octanol–water partition coefficient (Wildman–Crippen LogP) is 5.11. The van der Waals surface area contributed by atoms with Crippen molar-refractivity contribution in [2.75, 3.05) is 10.2 Å². The molecule has 2 aliphatic rings. The summed E-state index contributed by atoms with van der Waals surface area (Å²) in [6.45, 7) is 0. The van der Waals surface area contributed by atoms with Crippen molar-refractivity contribution in [1.29, 1.82) is 0 Å². The molecule has 0 atom stereocenters. The molecule has 4 nitrogen and oxygen atoms in total. The topological polar surface area (TPSA) is 49.4 Å². The molecule has 5 rings (SSSR count). The number of amides is 1. The maximum Gasteiger partial charge on any atom is 0.279 e. The Morgan fingerprint density at radius 3 is 2.17 bits per heavy atom. The molecule has 0 spiro atoms. The quantitative estimate of drug-likeness (QED) is 0.630. The van der Waals surface area contributed by atoms with E-state index < -0.39 is 0 Å².